The summed E-state index contributed by atoms with van der Waals surface area (Å²) in [6.45, 7) is -0.0903. The lowest BCUT2D eigenvalue weighted by Crippen LogP contribution is -2.42. The van der Waals surface area contributed by atoms with Crippen molar-refractivity contribution in [3.63, 3.8) is 0 Å². The highest BCUT2D eigenvalue weighted by molar-refractivity contribution is 6.00. The highest BCUT2D eigenvalue weighted by Gasteiger charge is 2.25. The molecule has 8 heteroatoms. The number of aromatic nitrogens is 1. The number of benzene rings is 1. The molecule has 0 aliphatic carbocycles. The second kappa shape index (κ2) is 6.62. The van der Waals surface area contributed by atoms with Crippen molar-refractivity contribution in [2.45, 2.75) is 19.0 Å². The van der Waals surface area contributed by atoms with Gasteiger partial charge in [0.25, 0.3) is 5.91 Å². The van der Waals surface area contributed by atoms with Crippen LogP contribution in [0.1, 0.15) is 16.9 Å². The number of nitrogens with one attached hydrogen (secondary N) is 1. The van der Waals surface area contributed by atoms with Crippen LogP contribution in [-0.4, -0.2) is 38.7 Å². The van der Waals surface area contributed by atoms with E-state index in [0.717, 1.165) is 5.39 Å². The van der Waals surface area contributed by atoms with Gasteiger partial charge in [-0.05, 0) is 12.1 Å². The first kappa shape index (κ1) is 16.0. The molecular weight excluding hydrogens is 302 g/mol. The van der Waals surface area contributed by atoms with Crippen LogP contribution >= 0.6 is 0 Å². The topological polar surface area (TPSA) is 132 Å². The van der Waals surface area contributed by atoms with Crippen LogP contribution < -0.4 is 5.32 Å². The Balaban J connectivity index is 2.36. The number of fused-ring (bicyclic) bond motifs is 1. The molecule has 23 heavy (non-hydrogen) atoms. The minimum absolute atomic E-state index is 0.0903. The molecule has 1 aromatic carbocycles. The van der Waals surface area contributed by atoms with Gasteiger partial charge >= 0.3 is 11.9 Å². The highest BCUT2D eigenvalue weighted by atomic mass is 16.4. The fourth-order valence-corrected chi connectivity index (χ4v) is 2.25. The summed E-state index contributed by atoms with van der Waals surface area (Å²) in [7, 11) is 0. The van der Waals surface area contributed by atoms with Crippen molar-refractivity contribution in [1.29, 1.82) is 5.26 Å². The van der Waals surface area contributed by atoms with E-state index in [-0.39, 0.29) is 12.2 Å². The number of nitriles is 1. The third-order valence-electron chi connectivity index (χ3n) is 3.25. The van der Waals surface area contributed by atoms with Gasteiger partial charge in [-0.15, -0.1) is 0 Å². The van der Waals surface area contributed by atoms with Crippen molar-refractivity contribution < 1.29 is 24.6 Å². The number of hydrogen-bond donors (Lipinski definition) is 3. The maximum Gasteiger partial charge on any atom is 0.326 e. The molecule has 118 valence electrons. The maximum absolute atomic E-state index is 12.3. The van der Waals surface area contributed by atoms with Gasteiger partial charge in [0, 0.05) is 10.9 Å². The largest absolute Gasteiger partial charge is 0.481 e. The highest BCUT2D eigenvalue weighted by Crippen LogP contribution is 2.19. The van der Waals surface area contributed by atoms with Crippen LogP contribution in [0, 0.1) is 11.3 Å². The van der Waals surface area contributed by atoms with E-state index in [9.17, 15) is 14.4 Å². The molecular formula is C15H13N3O5. The standard InChI is InChI=1S/C15H13N3O5/c16-5-6-18-11-4-2-1-3-9(11)7-12(18)14(21)17-10(15(22)23)8-13(19)20/h1-4,7,10H,6,8H2,(H,17,21)(H,19,20)(H,22,23)/t10-/m0/s1. The van der Waals surface area contributed by atoms with E-state index in [1.807, 2.05) is 6.07 Å². The summed E-state index contributed by atoms with van der Waals surface area (Å²) in [5, 5.41) is 29.5. The second-order valence-electron chi connectivity index (χ2n) is 4.79. The van der Waals surface area contributed by atoms with Gasteiger partial charge in [-0.2, -0.15) is 5.26 Å². The van der Waals surface area contributed by atoms with Crippen LogP contribution in [0.3, 0.4) is 0 Å². The molecule has 8 nitrogen and oxygen atoms in total. The number of rotatable bonds is 6. The number of carbonyl (C=O) groups excluding carboxylic acids is 1. The van der Waals surface area contributed by atoms with Crippen molar-refractivity contribution in [2.75, 3.05) is 0 Å². The molecule has 1 aromatic heterocycles. The minimum atomic E-state index is -1.55. The molecule has 0 radical (unpaired) electrons. The zero-order chi connectivity index (χ0) is 17.0. The quantitative estimate of drug-likeness (QED) is 0.723. The molecule has 0 bridgehead atoms. The van der Waals surface area contributed by atoms with Gasteiger partial charge in [-0.3, -0.25) is 9.59 Å². The Bertz CT molecular complexity index is 818. The molecule has 1 heterocycles. The summed E-state index contributed by atoms with van der Waals surface area (Å²) in [4.78, 5) is 34.0. The maximum atomic E-state index is 12.3. The Hall–Kier alpha value is -3.34. The Morgan fingerprint density at radius 1 is 1.26 bits per heavy atom. The zero-order valence-corrected chi connectivity index (χ0v) is 11.9. The van der Waals surface area contributed by atoms with Gasteiger partial charge in [0.15, 0.2) is 0 Å². The average molecular weight is 315 g/mol. The van der Waals surface area contributed by atoms with Crippen molar-refractivity contribution in [2.24, 2.45) is 0 Å². The second-order valence-corrected chi connectivity index (χ2v) is 4.79. The lowest BCUT2D eigenvalue weighted by atomic mass is 10.2. The molecule has 0 aliphatic rings. The van der Waals surface area contributed by atoms with Crippen LogP contribution in [0.15, 0.2) is 30.3 Å². The third-order valence-corrected chi connectivity index (χ3v) is 3.25. The van der Waals surface area contributed by atoms with Crippen LogP contribution in [0.2, 0.25) is 0 Å². The molecule has 0 fully saturated rings. The molecule has 1 atom stereocenters. The van der Waals surface area contributed by atoms with Gasteiger partial charge in [0.2, 0.25) is 0 Å². The number of amides is 1. The van der Waals surface area contributed by atoms with Gasteiger partial charge in [-0.1, -0.05) is 18.2 Å². The molecule has 0 saturated heterocycles. The number of hydrogen-bond acceptors (Lipinski definition) is 4. The molecule has 2 aromatic rings. The summed E-state index contributed by atoms with van der Waals surface area (Å²) < 4.78 is 1.45. The molecule has 0 saturated carbocycles. The molecule has 0 aliphatic heterocycles. The molecule has 3 N–H and O–H groups in total. The van der Waals surface area contributed by atoms with Crippen molar-refractivity contribution >= 4 is 28.7 Å². The number of para-hydroxylation sites is 1. The number of carbonyl (C=O) groups is 3. The summed E-state index contributed by atoms with van der Waals surface area (Å²) >= 11 is 0. The van der Waals surface area contributed by atoms with Crippen LogP contribution in [0.25, 0.3) is 10.9 Å². The van der Waals surface area contributed by atoms with E-state index in [2.05, 4.69) is 5.32 Å². The summed E-state index contributed by atoms with van der Waals surface area (Å²) in [6.07, 6.45) is -0.737. The number of aliphatic carboxylic acids is 2. The Morgan fingerprint density at radius 2 is 1.96 bits per heavy atom. The van der Waals surface area contributed by atoms with Crippen LogP contribution in [0.5, 0.6) is 0 Å². The summed E-state index contributed by atoms with van der Waals surface area (Å²) in [5.74, 6) is -3.52. The third kappa shape index (κ3) is 3.47. The number of carboxylic acid groups (broad SMARTS) is 2. The molecule has 1 amide bonds. The molecule has 0 unspecified atom stereocenters. The minimum Gasteiger partial charge on any atom is -0.481 e. The normalized spacial score (nSPS) is 11.6. The fourth-order valence-electron chi connectivity index (χ4n) is 2.25. The summed E-state index contributed by atoms with van der Waals surface area (Å²) in [5.41, 5.74) is 0.758. The van der Waals surface area contributed by atoms with Crippen LogP contribution in [-0.2, 0) is 16.1 Å². The average Bonchev–Trinajstić information content (AvgIpc) is 2.85. The van der Waals surface area contributed by atoms with Crippen molar-refractivity contribution in [3.8, 4) is 6.07 Å². The van der Waals surface area contributed by atoms with Crippen molar-refractivity contribution in [1.82, 2.24) is 9.88 Å². The van der Waals surface area contributed by atoms with Crippen LogP contribution in [0.4, 0.5) is 0 Å². The lowest BCUT2D eigenvalue weighted by Gasteiger charge is -2.13. The molecule has 2 rings (SSSR count). The SMILES string of the molecule is N#CCn1c(C(=O)N[C@@H](CC(=O)O)C(=O)O)cc2ccccc21. The smallest absolute Gasteiger partial charge is 0.326 e. The Morgan fingerprint density at radius 3 is 2.57 bits per heavy atom. The fraction of sp³-hybridized carbons (Fsp3) is 0.200. The first-order chi connectivity index (χ1) is 10.9. The number of nitrogens with zero attached hydrogens (tertiary/aromatic N) is 2. The van der Waals surface area contributed by atoms with E-state index < -0.39 is 30.3 Å². The van der Waals surface area contributed by atoms with Gasteiger partial charge in [0.1, 0.15) is 18.3 Å². The number of carboxylic acids is 2. The summed E-state index contributed by atoms with van der Waals surface area (Å²) in [6, 6.07) is 8.93. The van der Waals surface area contributed by atoms with E-state index >= 15 is 0 Å². The Kier molecular flexibility index (Phi) is 4.61. The first-order valence-corrected chi connectivity index (χ1v) is 6.64. The van der Waals surface area contributed by atoms with E-state index in [1.165, 1.54) is 10.6 Å². The molecule has 0 spiro atoms. The lowest BCUT2D eigenvalue weighted by molar-refractivity contribution is -0.145. The first-order valence-electron chi connectivity index (χ1n) is 6.64. The van der Waals surface area contributed by atoms with E-state index in [1.54, 1.807) is 24.3 Å². The van der Waals surface area contributed by atoms with Crippen molar-refractivity contribution in [3.05, 3.63) is 36.0 Å². The van der Waals surface area contributed by atoms with Gasteiger partial charge in [0.05, 0.1) is 12.5 Å². The predicted octanol–water partition coefficient (Wildman–Crippen LogP) is 0.823. The van der Waals surface area contributed by atoms with E-state index in [4.69, 9.17) is 15.5 Å². The van der Waals surface area contributed by atoms with Gasteiger partial charge in [-0.25, -0.2) is 4.79 Å². The van der Waals surface area contributed by atoms with E-state index in [0.29, 0.717) is 5.52 Å². The zero-order valence-electron chi connectivity index (χ0n) is 11.9. The van der Waals surface area contributed by atoms with Gasteiger partial charge < -0.3 is 20.1 Å². The predicted molar refractivity (Wildman–Crippen MR) is 78.7 cm³/mol. The Labute approximate surface area is 130 Å². The monoisotopic (exact) mass is 315 g/mol.